The second-order valence-corrected chi connectivity index (χ2v) is 8.33. The number of hydrogen-bond donors (Lipinski definition) is 0. The minimum absolute atomic E-state index is 0.0133. The van der Waals surface area contributed by atoms with Crippen molar-refractivity contribution in [2.75, 3.05) is 27.2 Å². The molecule has 130 valence electrons. The molecular formula is C16H19Cl2N3O2S. The van der Waals surface area contributed by atoms with Gasteiger partial charge in [0.15, 0.2) is 0 Å². The van der Waals surface area contributed by atoms with Crippen LogP contribution in [0.25, 0.3) is 0 Å². The van der Waals surface area contributed by atoms with Crippen LogP contribution >= 0.6 is 23.2 Å². The molecule has 1 aromatic heterocycles. The fraction of sp³-hybridized carbons (Fsp3) is 0.312. The summed E-state index contributed by atoms with van der Waals surface area (Å²) in [6.45, 7) is 1.12. The molecule has 1 aromatic carbocycles. The first kappa shape index (κ1) is 19.1. The highest BCUT2D eigenvalue weighted by atomic mass is 35.5. The third-order valence-electron chi connectivity index (χ3n) is 3.39. The van der Waals surface area contributed by atoms with E-state index in [0.717, 1.165) is 5.56 Å². The van der Waals surface area contributed by atoms with Gasteiger partial charge < -0.3 is 4.90 Å². The van der Waals surface area contributed by atoms with Gasteiger partial charge in [-0.05, 0) is 43.9 Å². The highest BCUT2D eigenvalue weighted by Gasteiger charge is 2.27. The Morgan fingerprint density at radius 1 is 1.12 bits per heavy atom. The summed E-state index contributed by atoms with van der Waals surface area (Å²) in [5.74, 6) is 0. The lowest BCUT2D eigenvalue weighted by Gasteiger charge is -2.24. The molecular weight excluding hydrogens is 369 g/mol. The van der Waals surface area contributed by atoms with E-state index in [1.807, 2.05) is 25.1 Å². The van der Waals surface area contributed by atoms with Crippen LogP contribution < -0.4 is 0 Å². The van der Waals surface area contributed by atoms with Crippen LogP contribution in [-0.2, 0) is 16.6 Å². The van der Waals surface area contributed by atoms with Crippen LogP contribution in [0, 0.1) is 0 Å². The van der Waals surface area contributed by atoms with Crippen LogP contribution in [-0.4, -0.2) is 49.8 Å². The van der Waals surface area contributed by atoms with Crippen molar-refractivity contribution in [3.8, 4) is 0 Å². The summed E-state index contributed by atoms with van der Waals surface area (Å²) in [4.78, 5) is 5.98. The monoisotopic (exact) mass is 387 g/mol. The van der Waals surface area contributed by atoms with Crippen molar-refractivity contribution in [3.05, 3.63) is 58.3 Å². The van der Waals surface area contributed by atoms with E-state index in [4.69, 9.17) is 23.2 Å². The van der Waals surface area contributed by atoms with Crippen molar-refractivity contribution in [2.45, 2.75) is 11.4 Å². The van der Waals surface area contributed by atoms with Gasteiger partial charge in [-0.2, -0.15) is 4.31 Å². The Labute approximate surface area is 152 Å². The van der Waals surface area contributed by atoms with E-state index in [2.05, 4.69) is 4.98 Å². The van der Waals surface area contributed by atoms with Crippen molar-refractivity contribution in [2.24, 2.45) is 0 Å². The molecule has 0 atom stereocenters. The third kappa shape index (κ3) is 4.91. The Morgan fingerprint density at radius 3 is 2.50 bits per heavy atom. The Balaban J connectivity index is 2.38. The summed E-state index contributed by atoms with van der Waals surface area (Å²) in [6, 6.07) is 8.05. The number of benzene rings is 1. The lowest BCUT2D eigenvalue weighted by molar-refractivity contribution is 0.329. The molecule has 0 spiro atoms. The average Bonchev–Trinajstić information content (AvgIpc) is 2.54. The molecule has 0 saturated carbocycles. The zero-order chi connectivity index (χ0) is 17.7. The van der Waals surface area contributed by atoms with Crippen molar-refractivity contribution < 1.29 is 8.42 Å². The largest absolute Gasteiger partial charge is 0.308 e. The van der Waals surface area contributed by atoms with Crippen LogP contribution in [0.2, 0.25) is 10.0 Å². The molecule has 1 heterocycles. The molecule has 0 unspecified atom stereocenters. The van der Waals surface area contributed by atoms with Gasteiger partial charge in [0.1, 0.15) is 4.90 Å². The summed E-state index contributed by atoms with van der Waals surface area (Å²) in [5.41, 5.74) is 0.804. The Hall–Kier alpha value is -1.18. The fourth-order valence-corrected chi connectivity index (χ4v) is 4.26. The minimum Gasteiger partial charge on any atom is -0.308 e. The van der Waals surface area contributed by atoms with E-state index >= 15 is 0 Å². The van der Waals surface area contributed by atoms with Gasteiger partial charge >= 0.3 is 0 Å². The summed E-state index contributed by atoms with van der Waals surface area (Å²) < 4.78 is 27.5. The minimum atomic E-state index is -3.79. The number of aromatic nitrogens is 1. The van der Waals surface area contributed by atoms with E-state index in [1.54, 1.807) is 24.5 Å². The summed E-state index contributed by atoms with van der Waals surface area (Å²) in [7, 11) is -0.00538. The maximum atomic E-state index is 13.1. The molecule has 24 heavy (non-hydrogen) atoms. The molecule has 0 fully saturated rings. The van der Waals surface area contributed by atoms with Crippen LogP contribution in [0.5, 0.6) is 0 Å². The molecule has 5 nitrogen and oxygen atoms in total. The summed E-state index contributed by atoms with van der Waals surface area (Å²) in [6.07, 6.45) is 3.30. The molecule has 2 aromatic rings. The Morgan fingerprint density at radius 2 is 1.88 bits per heavy atom. The van der Waals surface area contributed by atoms with Crippen molar-refractivity contribution in [1.82, 2.24) is 14.2 Å². The lowest BCUT2D eigenvalue weighted by atomic mass is 10.3. The van der Waals surface area contributed by atoms with Gasteiger partial charge in [0.25, 0.3) is 0 Å². The van der Waals surface area contributed by atoms with Gasteiger partial charge in [-0.15, -0.1) is 0 Å². The molecule has 2 rings (SSSR count). The van der Waals surface area contributed by atoms with Gasteiger partial charge in [0.05, 0.1) is 5.02 Å². The molecule has 0 saturated heterocycles. The second kappa shape index (κ2) is 8.27. The number of hydrogen-bond acceptors (Lipinski definition) is 4. The maximum Gasteiger partial charge on any atom is 0.244 e. The highest BCUT2D eigenvalue weighted by Crippen LogP contribution is 2.28. The predicted octanol–water partition coefficient (Wildman–Crippen LogP) is 3.14. The zero-order valence-electron chi connectivity index (χ0n) is 13.5. The van der Waals surface area contributed by atoms with E-state index < -0.39 is 10.0 Å². The molecule has 0 amide bonds. The molecule has 0 N–H and O–H groups in total. The first-order valence-electron chi connectivity index (χ1n) is 7.29. The van der Waals surface area contributed by atoms with Crippen molar-refractivity contribution in [3.63, 3.8) is 0 Å². The molecule has 0 aliphatic rings. The molecule has 0 aliphatic carbocycles. The number of pyridine rings is 1. The van der Waals surface area contributed by atoms with Crippen LogP contribution in [0.1, 0.15) is 5.56 Å². The van der Waals surface area contributed by atoms with Crippen molar-refractivity contribution in [1.29, 1.82) is 0 Å². The number of nitrogens with zero attached hydrogens (tertiary/aromatic N) is 3. The van der Waals surface area contributed by atoms with E-state index in [-0.39, 0.29) is 16.5 Å². The number of halogens is 2. The molecule has 0 radical (unpaired) electrons. The first-order chi connectivity index (χ1) is 11.3. The quantitative estimate of drug-likeness (QED) is 0.731. The average molecular weight is 388 g/mol. The summed E-state index contributed by atoms with van der Waals surface area (Å²) in [5, 5.41) is 0.479. The van der Waals surface area contributed by atoms with E-state index in [9.17, 15) is 8.42 Å². The fourth-order valence-electron chi connectivity index (χ4n) is 2.11. The third-order valence-corrected chi connectivity index (χ3v) is 5.95. The van der Waals surface area contributed by atoms with Crippen LogP contribution in [0.4, 0.5) is 0 Å². The first-order valence-corrected chi connectivity index (χ1v) is 9.49. The highest BCUT2D eigenvalue weighted by molar-refractivity contribution is 7.89. The standard InChI is InChI=1S/C16H19Cl2N3O2S/c1-20(2)8-9-21(12-13-4-3-7-19-11-13)24(22,23)16-10-14(17)5-6-15(16)18/h3-7,10-11H,8-9,12H2,1-2H3. The topological polar surface area (TPSA) is 53.5 Å². The van der Waals surface area contributed by atoms with Crippen LogP contribution in [0.3, 0.4) is 0 Å². The molecule has 0 bridgehead atoms. The Kier molecular flexibility index (Phi) is 6.60. The van der Waals surface area contributed by atoms with Gasteiger partial charge in [0.2, 0.25) is 10.0 Å². The van der Waals surface area contributed by atoms with Gasteiger partial charge in [-0.3, -0.25) is 4.98 Å². The zero-order valence-corrected chi connectivity index (χ0v) is 15.8. The number of likely N-dealkylation sites (N-methyl/N-ethyl adjacent to an activating group) is 1. The lowest BCUT2D eigenvalue weighted by Crippen LogP contribution is -2.36. The SMILES string of the molecule is CN(C)CCN(Cc1cccnc1)S(=O)(=O)c1cc(Cl)ccc1Cl. The van der Waals surface area contributed by atoms with E-state index in [0.29, 0.717) is 18.1 Å². The Bertz CT molecular complexity index is 783. The maximum absolute atomic E-state index is 13.1. The van der Waals surface area contributed by atoms with Gasteiger partial charge in [-0.1, -0.05) is 29.3 Å². The normalized spacial score (nSPS) is 12.1. The van der Waals surface area contributed by atoms with Gasteiger partial charge in [0, 0.05) is 37.1 Å². The summed E-state index contributed by atoms with van der Waals surface area (Å²) >= 11 is 12.1. The van der Waals surface area contributed by atoms with Crippen LogP contribution in [0.15, 0.2) is 47.6 Å². The predicted molar refractivity (Wildman–Crippen MR) is 96.8 cm³/mol. The smallest absolute Gasteiger partial charge is 0.244 e. The van der Waals surface area contributed by atoms with Crippen molar-refractivity contribution >= 4 is 33.2 Å². The van der Waals surface area contributed by atoms with E-state index in [1.165, 1.54) is 16.4 Å². The molecule has 8 heteroatoms. The second-order valence-electron chi connectivity index (χ2n) is 5.58. The number of sulfonamides is 1. The number of rotatable bonds is 7. The van der Waals surface area contributed by atoms with Gasteiger partial charge in [-0.25, -0.2) is 8.42 Å². The molecule has 0 aliphatic heterocycles.